The second-order valence-corrected chi connectivity index (χ2v) is 9.88. The lowest BCUT2D eigenvalue weighted by atomic mass is 9.82. The highest BCUT2D eigenvalue weighted by molar-refractivity contribution is 7.13. The zero-order valence-corrected chi connectivity index (χ0v) is 20.8. The van der Waals surface area contributed by atoms with Crippen LogP contribution in [0.5, 0.6) is 0 Å². The fourth-order valence-corrected chi connectivity index (χ4v) is 5.74. The molecule has 0 radical (unpaired) electrons. The Morgan fingerprint density at radius 1 is 1.24 bits per heavy atom. The van der Waals surface area contributed by atoms with Gasteiger partial charge in [-0.2, -0.15) is 0 Å². The Hall–Kier alpha value is -4.17. The van der Waals surface area contributed by atoms with Crippen LogP contribution in [0.1, 0.15) is 24.2 Å². The van der Waals surface area contributed by atoms with Gasteiger partial charge in [-0.15, -0.1) is 22.7 Å². The van der Waals surface area contributed by atoms with Crippen LogP contribution in [0.4, 0.5) is 9.52 Å². The number of fused-ring (bicyclic) bond motifs is 1. The predicted octanol–water partition coefficient (Wildman–Crippen LogP) is 2.32. The molecule has 2 atom stereocenters. The first-order chi connectivity index (χ1) is 17.8. The molecule has 4 N–H and O–H groups in total. The molecule has 2 aliphatic rings. The van der Waals surface area contributed by atoms with Gasteiger partial charge in [-0.25, -0.2) is 19.2 Å². The first-order valence-corrected chi connectivity index (χ1v) is 12.7. The second kappa shape index (κ2) is 9.71. The van der Waals surface area contributed by atoms with Crippen molar-refractivity contribution in [3.05, 3.63) is 57.9 Å². The normalized spacial score (nSPS) is 19.4. The third kappa shape index (κ3) is 4.44. The molecule has 1 fully saturated rings. The van der Waals surface area contributed by atoms with E-state index in [0.717, 1.165) is 11.3 Å². The smallest absolute Gasteiger partial charge is 0.352 e. The second-order valence-electron chi connectivity index (χ2n) is 8.14. The lowest BCUT2D eigenvalue weighted by molar-refractivity contribution is -0.154. The summed E-state index contributed by atoms with van der Waals surface area (Å²) in [6.45, 7) is 0. The standard InChI is InChI=1S/C23H19FN6O5S2/c1-35-29-16(14-9-37-23(25)27-14)19(31)28-17-15-7-6-12(18(22(33)34)30(15)21(17)32)13-8-36-20(26-13)10-2-4-11(24)5-3-10/h2-5,8-9,15,17H,6-7H2,1H3,(H2,25,27)(H,28,31)(H,33,34)/b29-16-/t15-,17+/m1/s1. The molecule has 14 heteroatoms. The summed E-state index contributed by atoms with van der Waals surface area (Å²) in [5.74, 6) is -2.89. The molecular formula is C23H19FN6O5S2. The van der Waals surface area contributed by atoms with Crippen molar-refractivity contribution in [1.29, 1.82) is 0 Å². The van der Waals surface area contributed by atoms with Crippen molar-refractivity contribution >= 4 is 56.9 Å². The predicted molar refractivity (Wildman–Crippen MR) is 134 cm³/mol. The van der Waals surface area contributed by atoms with Crippen molar-refractivity contribution in [2.24, 2.45) is 5.16 Å². The van der Waals surface area contributed by atoms with Crippen molar-refractivity contribution in [1.82, 2.24) is 20.2 Å². The summed E-state index contributed by atoms with van der Waals surface area (Å²) in [6.07, 6.45) is 0.739. The van der Waals surface area contributed by atoms with E-state index in [-0.39, 0.29) is 28.1 Å². The number of nitrogens with zero attached hydrogens (tertiary/aromatic N) is 4. The number of nitrogens with two attached hydrogens (primary N) is 1. The van der Waals surface area contributed by atoms with E-state index in [1.807, 2.05) is 0 Å². The minimum atomic E-state index is -1.27. The molecule has 5 rings (SSSR count). The minimum Gasteiger partial charge on any atom is -0.477 e. The number of carboxylic acid groups (broad SMARTS) is 1. The Labute approximate surface area is 217 Å². The Balaban J connectivity index is 1.38. The number of halogens is 1. The minimum absolute atomic E-state index is 0.150. The van der Waals surface area contributed by atoms with Gasteiger partial charge in [-0.05, 0) is 37.1 Å². The van der Waals surface area contributed by atoms with Gasteiger partial charge >= 0.3 is 5.97 Å². The molecule has 37 heavy (non-hydrogen) atoms. The Kier molecular flexibility index (Phi) is 6.43. The Morgan fingerprint density at radius 2 is 2.00 bits per heavy atom. The molecule has 1 aromatic carbocycles. The van der Waals surface area contributed by atoms with Crippen molar-refractivity contribution in [3.63, 3.8) is 0 Å². The monoisotopic (exact) mass is 542 g/mol. The molecule has 3 aromatic rings. The first kappa shape index (κ1) is 24.5. The van der Waals surface area contributed by atoms with Gasteiger partial charge in [0.15, 0.2) is 10.8 Å². The van der Waals surface area contributed by atoms with Gasteiger partial charge in [0.05, 0.1) is 11.7 Å². The third-order valence-electron chi connectivity index (χ3n) is 5.99. The Morgan fingerprint density at radius 3 is 2.65 bits per heavy atom. The maximum absolute atomic E-state index is 13.3. The topological polar surface area (TPSA) is 160 Å². The fourth-order valence-electron chi connectivity index (χ4n) is 4.35. The summed E-state index contributed by atoms with van der Waals surface area (Å²) < 4.78 is 13.3. The number of rotatable bonds is 7. The molecule has 0 aliphatic carbocycles. The van der Waals surface area contributed by atoms with Crippen molar-refractivity contribution in [2.75, 3.05) is 12.8 Å². The van der Waals surface area contributed by atoms with Crippen LogP contribution in [0.25, 0.3) is 16.1 Å². The molecule has 0 bridgehead atoms. The number of benzene rings is 1. The molecule has 2 aromatic heterocycles. The van der Waals surface area contributed by atoms with Crippen molar-refractivity contribution < 1.29 is 28.7 Å². The number of aromatic nitrogens is 2. The Bertz CT molecular complexity index is 1460. The summed E-state index contributed by atoms with van der Waals surface area (Å²) in [4.78, 5) is 52.7. The number of oxime groups is 1. The third-order valence-corrected chi connectivity index (χ3v) is 7.56. The zero-order chi connectivity index (χ0) is 26.3. The van der Waals surface area contributed by atoms with Crippen molar-refractivity contribution in [3.8, 4) is 10.6 Å². The van der Waals surface area contributed by atoms with E-state index in [9.17, 15) is 23.9 Å². The van der Waals surface area contributed by atoms with E-state index in [2.05, 4.69) is 20.4 Å². The van der Waals surface area contributed by atoms with Crippen LogP contribution in [0.15, 0.2) is 45.9 Å². The number of thiazole rings is 2. The first-order valence-electron chi connectivity index (χ1n) is 10.9. The number of carbonyl (C=O) groups excluding carboxylic acids is 2. The number of nitrogens with one attached hydrogen (secondary N) is 1. The number of aliphatic carboxylic acids is 1. The van der Waals surface area contributed by atoms with E-state index in [4.69, 9.17) is 10.6 Å². The summed E-state index contributed by atoms with van der Waals surface area (Å²) in [5, 5.41) is 20.4. The number of nitrogen functional groups attached to an aromatic ring is 1. The van der Waals surface area contributed by atoms with Crippen molar-refractivity contribution in [2.45, 2.75) is 24.9 Å². The van der Waals surface area contributed by atoms with Gasteiger partial charge in [0.2, 0.25) is 0 Å². The molecular weight excluding hydrogens is 523 g/mol. The highest BCUT2D eigenvalue weighted by Crippen LogP contribution is 2.41. The number of β-lactam (4-membered cyclic amide) rings is 1. The van der Waals surface area contributed by atoms with Crippen LogP contribution in [-0.4, -0.2) is 62.7 Å². The average molecular weight is 543 g/mol. The fraction of sp³-hybridized carbons (Fsp3) is 0.217. The SMILES string of the molecule is CO/N=C(\C(=O)N[C@@H]1C(=O)N2C(C(=O)O)=C(c3csc(-c4ccc(F)cc4)n3)CC[C@H]12)c1csc(N)n1. The highest BCUT2D eigenvalue weighted by atomic mass is 32.1. The summed E-state index contributed by atoms with van der Waals surface area (Å²) >= 11 is 2.41. The molecule has 2 aliphatic heterocycles. The summed E-state index contributed by atoms with van der Waals surface area (Å²) in [5.41, 5.74) is 7.09. The molecule has 0 spiro atoms. The maximum Gasteiger partial charge on any atom is 0.352 e. The number of anilines is 1. The van der Waals surface area contributed by atoms with Gasteiger partial charge in [0.1, 0.15) is 35.4 Å². The number of allylic oxidation sites excluding steroid dienone is 1. The number of carboxylic acids is 1. The quantitative estimate of drug-likeness (QED) is 0.233. The lowest BCUT2D eigenvalue weighted by Crippen LogP contribution is -2.72. The van der Waals surface area contributed by atoms with Gasteiger partial charge in [0.25, 0.3) is 11.8 Å². The number of hydrogen-bond acceptors (Lipinski definition) is 10. The molecule has 0 saturated carbocycles. The van der Waals surface area contributed by atoms with E-state index < -0.39 is 29.9 Å². The van der Waals surface area contributed by atoms with Gasteiger partial charge < -0.3 is 21.0 Å². The summed E-state index contributed by atoms with van der Waals surface area (Å²) in [6, 6.07) is 4.34. The van der Waals surface area contributed by atoms with Crippen LogP contribution in [-0.2, 0) is 19.2 Å². The average Bonchev–Trinajstić information content (AvgIpc) is 3.54. The van der Waals surface area contributed by atoms with Crippen LogP contribution in [0, 0.1) is 5.82 Å². The molecule has 2 amide bonds. The number of carbonyl (C=O) groups is 3. The van der Waals surface area contributed by atoms with Crippen LogP contribution < -0.4 is 11.1 Å². The largest absolute Gasteiger partial charge is 0.477 e. The van der Waals surface area contributed by atoms with Gasteiger partial charge in [-0.3, -0.25) is 14.5 Å². The van der Waals surface area contributed by atoms with Gasteiger partial charge in [0, 0.05) is 21.9 Å². The molecule has 4 heterocycles. The number of amides is 2. The summed E-state index contributed by atoms with van der Waals surface area (Å²) in [7, 11) is 1.27. The maximum atomic E-state index is 13.3. The van der Waals surface area contributed by atoms with E-state index in [1.165, 1.54) is 40.9 Å². The molecule has 0 unspecified atom stereocenters. The zero-order valence-electron chi connectivity index (χ0n) is 19.2. The van der Waals surface area contributed by atoms with Crippen LogP contribution in [0.2, 0.25) is 0 Å². The molecule has 11 nitrogen and oxygen atoms in total. The lowest BCUT2D eigenvalue weighted by Gasteiger charge is -2.50. The number of hydrogen-bond donors (Lipinski definition) is 3. The highest BCUT2D eigenvalue weighted by Gasteiger charge is 2.54. The van der Waals surface area contributed by atoms with E-state index >= 15 is 0 Å². The molecule has 190 valence electrons. The van der Waals surface area contributed by atoms with Crippen LogP contribution >= 0.6 is 22.7 Å². The van der Waals surface area contributed by atoms with Gasteiger partial charge in [-0.1, -0.05) is 5.16 Å². The van der Waals surface area contributed by atoms with E-state index in [1.54, 1.807) is 17.5 Å². The van der Waals surface area contributed by atoms with E-state index in [0.29, 0.717) is 34.7 Å². The molecule has 1 saturated heterocycles. The van der Waals surface area contributed by atoms with Crippen LogP contribution in [0.3, 0.4) is 0 Å².